The normalized spacial score (nSPS) is 22.4. The molecule has 1 aliphatic rings. The molecule has 5 nitrogen and oxygen atoms in total. The van der Waals surface area contributed by atoms with Crippen LogP contribution in [-0.4, -0.2) is 32.4 Å². The van der Waals surface area contributed by atoms with Crippen molar-refractivity contribution in [2.24, 2.45) is 11.1 Å². The van der Waals surface area contributed by atoms with E-state index in [0.29, 0.717) is 36.2 Å². The standard InChI is InChI=1S/C15H19FN2O3S.ClH/c1-10-12-7-11(16)3-4-13(12)21-14(10)22(19,20)18-6-5-15(2,8-17)9-18;/h3-4,7H,5-6,8-9,17H2,1-2H3;1H. The van der Waals surface area contributed by atoms with Crippen LogP contribution >= 0.6 is 12.4 Å². The number of benzene rings is 1. The Morgan fingerprint density at radius 2 is 2.13 bits per heavy atom. The van der Waals surface area contributed by atoms with E-state index in [1.54, 1.807) is 6.92 Å². The van der Waals surface area contributed by atoms with Gasteiger partial charge in [-0.3, -0.25) is 0 Å². The Morgan fingerprint density at radius 1 is 1.43 bits per heavy atom. The number of hydrogen-bond donors (Lipinski definition) is 1. The number of aryl methyl sites for hydroxylation is 1. The first kappa shape index (κ1) is 18.2. The molecule has 1 aromatic carbocycles. The Labute approximate surface area is 141 Å². The molecule has 1 atom stereocenters. The fraction of sp³-hybridized carbons (Fsp3) is 0.467. The van der Waals surface area contributed by atoms with Gasteiger partial charge in [-0.25, -0.2) is 12.8 Å². The van der Waals surface area contributed by atoms with Gasteiger partial charge in [0.05, 0.1) is 0 Å². The van der Waals surface area contributed by atoms with Gasteiger partial charge in [0, 0.05) is 24.0 Å². The number of halogens is 2. The van der Waals surface area contributed by atoms with E-state index in [0.717, 1.165) is 6.42 Å². The van der Waals surface area contributed by atoms with Gasteiger partial charge < -0.3 is 10.2 Å². The molecule has 0 saturated carbocycles. The Morgan fingerprint density at radius 3 is 2.74 bits per heavy atom. The second-order valence-corrected chi connectivity index (χ2v) is 8.10. The third-order valence-electron chi connectivity index (χ3n) is 4.44. The number of sulfonamides is 1. The van der Waals surface area contributed by atoms with Crippen molar-refractivity contribution in [2.75, 3.05) is 19.6 Å². The summed E-state index contributed by atoms with van der Waals surface area (Å²) in [5.41, 5.74) is 6.34. The van der Waals surface area contributed by atoms with Crippen LogP contribution in [-0.2, 0) is 10.0 Å². The van der Waals surface area contributed by atoms with Crippen LogP contribution in [0.2, 0.25) is 0 Å². The van der Waals surface area contributed by atoms with E-state index in [1.807, 2.05) is 6.92 Å². The van der Waals surface area contributed by atoms with Gasteiger partial charge in [-0.15, -0.1) is 12.4 Å². The predicted molar refractivity (Wildman–Crippen MR) is 88.7 cm³/mol. The highest BCUT2D eigenvalue weighted by molar-refractivity contribution is 7.89. The van der Waals surface area contributed by atoms with Gasteiger partial charge in [-0.05, 0) is 43.5 Å². The summed E-state index contributed by atoms with van der Waals surface area (Å²) in [7, 11) is -3.74. The number of fused-ring (bicyclic) bond motifs is 1. The maximum absolute atomic E-state index is 13.4. The van der Waals surface area contributed by atoms with Crippen LogP contribution in [0.25, 0.3) is 11.0 Å². The topological polar surface area (TPSA) is 76.5 Å². The van der Waals surface area contributed by atoms with Crippen molar-refractivity contribution in [3.63, 3.8) is 0 Å². The molecular weight excluding hydrogens is 343 g/mol. The molecule has 1 aliphatic heterocycles. The van der Waals surface area contributed by atoms with Crippen LogP contribution in [0.5, 0.6) is 0 Å². The summed E-state index contributed by atoms with van der Waals surface area (Å²) in [5, 5.41) is 0.383. The van der Waals surface area contributed by atoms with Gasteiger partial charge in [-0.1, -0.05) is 6.92 Å². The van der Waals surface area contributed by atoms with Crippen LogP contribution in [0.1, 0.15) is 18.9 Å². The first-order valence-corrected chi connectivity index (χ1v) is 8.60. The second-order valence-electron chi connectivity index (χ2n) is 6.26. The number of nitrogens with two attached hydrogens (primary N) is 1. The van der Waals surface area contributed by atoms with Crippen LogP contribution in [0.3, 0.4) is 0 Å². The molecule has 1 fully saturated rings. The van der Waals surface area contributed by atoms with Crippen LogP contribution in [0, 0.1) is 18.2 Å². The highest BCUT2D eigenvalue weighted by Gasteiger charge is 2.41. The monoisotopic (exact) mass is 362 g/mol. The first-order valence-electron chi connectivity index (χ1n) is 7.16. The lowest BCUT2D eigenvalue weighted by Gasteiger charge is -2.21. The molecular formula is C15H20ClFN2O3S. The summed E-state index contributed by atoms with van der Waals surface area (Å²) in [6, 6.07) is 3.99. The minimum Gasteiger partial charge on any atom is -0.443 e. The maximum Gasteiger partial charge on any atom is 0.276 e. The van der Waals surface area contributed by atoms with E-state index in [1.165, 1.54) is 22.5 Å². The number of rotatable bonds is 3. The van der Waals surface area contributed by atoms with Crippen molar-refractivity contribution >= 4 is 33.4 Å². The van der Waals surface area contributed by atoms with E-state index in [9.17, 15) is 12.8 Å². The fourth-order valence-electron chi connectivity index (χ4n) is 2.88. The summed E-state index contributed by atoms with van der Waals surface area (Å²) >= 11 is 0. The van der Waals surface area contributed by atoms with E-state index in [2.05, 4.69) is 0 Å². The van der Waals surface area contributed by atoms with E-state index >= 15 is 0 Å². The third kappa shape index (κ3) is 2.98. The molecule has 8 heteroatoms. The second kappa shape index (κ2) is 6.05. The maximum atomic E-state index is 13.4. The van der Waals surface area contributed by atoms with Gasteiger partial charge in [0.2, 0.25) is 5.09 Å². The van der Waals surface area contributed by atoms with Crippen molar-refractivity contribution in [3.05, 3.63) is 29.6 Å². The summed E-state index contributed by atoms with van der Waals surface area (Å²) in [4.78, 5) is 0. The highest BCUT2D eigenvalue weighted by Crippen LogP contribution is 2.36. The predicted octanol–water partition coefficient (Wildman–Crippen LogP) is 2.66. The molecule has 1 saturated heterocycles. The van der Waals surface area contributed by atoms with Crippen molar-refractivity contribution in [2.45, 2.75) is 25.4 Å². The van der Waals surface area contributed by atoms with E-state index in [-0.39, 0.29) is 22.9 Å². The molecule has 3 rings (SSSR count). The molecule has 0 spiro atoms. The molecule has 0 bridgehead atoms. The summed E-state index contributed by atoms with van der Waals surface area (Å²) in [6.07, 6.45) is 0.719. The molecule has 1 unspecified atom stereocenters. The number of hydrogen-bond acceptors (Lipinski definition) is 4. The first-order chi connectivity index (χ1) is 10.3. The van der Waals surface area contributed by atoms with Crippen LogP contribution in [0.15, 0.2) is 27.7 Å². The Balaban J connectivity index is 0.00000192. The van der Waals surface area contributed by atoms with Crippen molar-refractivity contribution in [1.82, 2.24) is 4.31 Å². The third-order valence-corrected chi connectivity index (χ3v) is 6.29. The zero-order chi connectivity index (χ0) is 16.1. The van der Waals surface area contributed by atoms with Crippen molar-refractivity contribution in [1.29, 1.82) is 0 Å². The zero-order valence-corrected chi connectivity index (χ0v) is 14.6. The lowest BCUT2D eigenvalue weighted by Crippen LogP contribution is -2.34. The lowest BCUT2D eigenvalue weighted by molar-refractivity contribution is 0.344. The van der Waals surface area contributed by atoms with E-state index in [4.69, 9.17) is 10.2 Å². The molecule has 0 radical (unpaired) electrons. The molecule has 128 valence electrons. The summed E-state index contributed by atoms with van der Waals surface area (Å²) in [5.74, 6) is -0.419. The SMILES string of the molecule is Cc1c(S(=O)(=O)N2CCC(C)(CN)C2)oc2ccc(F)cc12.Cl. The average molecular weight is 363 g/mol. The smallest absolute Gasteiger partial charge is 0.276 e. The molecule has 0 amide bonds. The van der Waals surface area contributed by atoms with Gasteiger partial charge in [-0.2, -0.15) is 4.31 Å². The van der Waals surface area contributed by atoms with Crippen molar-refractivity contribution < 1.29 is 17.2 Å². The summed E-state index contributed by atoms with van der Waals surface area (Å²) < 4.78 is 45.9. The quantitative estimate of drug-likeness (QED) is 0.910. The fourth-order valence-corrected chi connectivity index (χ4v) is 4.62. The zero-order valence-electron chi connectivity index (χ0n) is 13.0. The largest absolute Gasteiger partial charge is 0.443 e. The van der Waals surface area contributed by atoms with Gasteiger partial charge in [0.15, 0.2) is 0 Å². The molecule has 23 heavy (non-hydrogen) atoms. The van der Waals surface area contributed by atoms with Crippen LogP contribution < -0.4 is 5.73 Å². The Kier molecular flexibility index (Phi) is 4.79. The number of furan rings is 1. The minimum absolute atomic E-state index is 0. The molecule has 2 aromatic rings. The molecule has 0 aliphatic carbocycles. The van der Waals surface area contributed by atoms with Gasteiger partial charge in [0.25, 0.3) is 10.0 Å². The van der Waals surface area contributed by atoms with E-state index < -0.39 is 15.8 Å². The average Bonchev–Trinajstić information content (AvgIpc) is 3.02. The van der Waals surface area contributed by atoms with Crippen LogP contribution in [0.4, 0.5) is 4.39 Å². The highest BCUT2D eigenvalue weighted by atomic mass is 35.5. The number of nitrogens with zero attached hydrogens (tertiary/aromatic N) is 1. The molecule has 2 N–H and O–H groups in total. The summed E-state index contributed by atoms with van der Waals surface area (Å²) in [6.45, 7) is 4.83. The van der Waals surface area contributed by atoms with Crippen molar-refractivity contribution in [3.8, 4) is 0 Å². The molecule has 2 heterocycles. The Hall–Kier alpha value is -1.15. The Bertz CT molecular complexity index is 837. The van der Waals surface area contributed by atoms with Gasteiger partial charge >= 0.3 is 0 Å². The van der Waals surface area contributed by atoms with Gasteiger partial charge in [0.1, 0.15) is 11.4 Å². The molecule has 1 aromatic heterocycles. The lowest BCUT2D eigenvalue weighted by atomic mass is 9.90. The minimum atomic E-state index is -3.74.